The predicted molar refractivity (Wildman–Crippen MR) is 79.9 cm³/mol. The van der Waals surface area contributed by atoms with Gasteiger partial charge in [0, 0.05) is 37.5 Å². The van der Waals surface area contributed by atoms with Gasteiger partial charge >= 0.3 is 0 Å². The summed E-state index contributed by atoms with van der Waals surface area (Å²) < 4.78 is 0.573. The molecule has 1 N–H and O–H groups in total. The zero-order valence-electron chi connectivity index (χ0n) is 11.6. The molecule has 0 bridgehead atoms. The fourth-order valence-electron chi connectivity index (χ4n) is 2.42. The molecule has 1 aliphatic rings. The molecule has 21 heavy (non-hydrogen) atoms. The first-order valence-corrected chi connectivity index (χ1v) is 7.12. The molecule has 1 aliphatic heterocycles. The Bertz CT molecular complexity index is 645. The topological polar surface area (TPSA) is 92.5 Å². The molecule has 8 heteroatoms. The molecule has 2 amide bonds. The molecule has 0 aliphatic carbocycles. The number of benzene rings is 1. The summed E-state index contributed by atoms with van der Waals surface area (Å²) in [4.78, 5) is 35.1. The second kappa shape index (κ2) is 5.80. The molecular weight excluding hydrogens is 342 g/mol. The Kier molecular flexibility index (Phi) is 4.26. The second-order valence-electron chi connectivity index (χ2n) is 4.84. The number of amides is 2. The molecule has 0 radical (unpaired) electrons. The highest BCUT2D eigenvalue weighted by Crippen LogP contribution is 2.39. The van der Waals surface area contributed by atoms with Crippen molar-refractivity contribution in [3.63, 3.8) is 0 Å². The summed E-state index contributed by atoms with van der Waals surface area (Å²) in [6.45, 7) is 3.64. The van der Waals surface area contributed by atoms with Crippen LogP contribution in [-0.4, -0.2) is 28.2 Å². The van der Waals surface area contributed by atoms with Gasteiger partial charge in [0.15, 0.2) is 0 Å². The van der Waals surface area contributed by atoms with Crippen LogP contribution >= 0.6 is 15.9 Å². The van der Waals surface area contributed by atoms with E-state index in [1.54, 1.807) is 4.90 Å². The van der Waals surface area contributed by atoms with Crippen molar-refractivity contribution in [1.29, 1.82) is 0 Å². The number of nitro groups is 1. The fraction of sp³-hybridized carbons (Fsp3) is 0.385. The van der Waals surface area contributed by atoms with Crippen LogP contribution < -0.4 is 5.32 Å². The average Bonchev–Trinajstić information content (AvgIpc) is 2.40. The Balaban J connectivity index is 2.58. The van der Waals surface area contributed by atoms with Crippen molar-refractivity contribution in [3.8, 4) is 0 Å². The first kappa shape index (κ1) is 15.4. The Morgan fingerprint density at radius 1 is 1.38 bits per heavy atom. The second-order valence-corrected chi connectivity index (χ2v) is 5.69. The SMILES string of the molecule is CC(=O)Nc1c([N+](=O)[O-])cc(Br)c2c1CCN(C(C)=O)C2. The summed E-state index contributed by atoms with van der Waals surface area (Å²) in [6.07, 6.45) is 0.463. The van der Waals surface area contributed by atoms with E-state index >= 15 is 0 Å². The summed E-state index contributed by atoms with van der Waals surface area (Å²) in [6, 6.07) is 1.37. The van der Waals surface area contributed by atoms with Gasteiger partial charge in [0.25, 0.3) is 5.69 Å². The zero-order valence-corrected chi connectivity index (χ0v) is 13.2. The highest BCUT2D eigenvalue weighted by molar-refractivity contribution is 9.10. The number of carbonyl (C=O) groups excluding carboxylic acids is 2. The van der Waals surface area contributed by atoms with Crippen LogP contribution in [0.1, 0.15) is 25.0 Å². The Labute approximate surface area is 129 Å². The first-order valence-electron chi connectivity index (χ1n) is 6.33. The number of nitrogens with one attached hydrogen (secondary N) is 1. The number of halogens is 1. The predicted octanol–water partition coefficient (Wildman–Crippen LogP) is 2.22. The first-order chi connectivity index (χ1) is 9.81. The van der Waals surface area contributed by atoms with Gasteiger partial charge in [-0.15, -0.1) is 0 Å². The van der Waals surface area contributed by atoms with E-state index in [1.807, 2.05) is 0 Å². The normalized spacial score (nSPS) is 13.6. The molecule has 7 nitrogen and oxygen atoms in total. The third-order valence-electron chi connectivity index (χ3n) is 3.40. The number of fused-ring (bicyclic) bond motifs is 1. The van der Waals surface area contributed by atoms with Crippen LogP contribution in [0.25, 0.3) is 0 Å². The summed E-state index contributed by atoms with van der Waals surface area (Å²) in [5.74, 6) is -0.413. The van der Waals surface area contributed by atoms with E-state index in [1.165, 1.54) is 19.9 Å². The smallest absolute Gasteiger partial charge is 0.294 e. The molecule has 1 aromatic carbocycles. The lowest BCUT2D eigenvalue weighted by Crippen LogP contribution is -2.35. The van der Waals surface area contributed by atoms with E-state index in [2.05, 4.69) is 21.2 Å². The van der Waals surface area contributed by atoms with E-state index in [0.29, 0.717) is 29.5 Å². The number of hydrogen-bond donors (Lipinski definition) is 1. The van der Waals surface area contributed by atoms with Crippen LogP contribution in [0.15, 0.2) is 10.5 Å². The maximum atomic E-state index is 11.5. The summed E-state index contributed by atoms with van der Waals surface area (Å²) >= 11 is 3.32. The minimum absolute atomic E-state index is 0.0491. The molecule has 0 spiro atoms. The van der Waals surface area contributed by atoms with Crippen molar-refractivity contribution in [2.75, 3.05) is 11.9 Å². The van der Waals surface area contributed by atoms with Crippen molar-refractivity contribution in [1.82, 2.24) is 4.90 Å². The van der Waals surface area contributed by atoms with Gasteiger partial charge in [0.1, 0.15) is 5.69 Å². The van der Waals surface area contributed by atoms with E-state index < -0.39 is 4.92 Å². The highest BCUT2D eigenvalue weighted by atomic mass is 79.9. The molecule has 0 fully saturated rings. The highest BCUT2D eigenvalue weighted by Gasteiger charge is 2.29. The number of hydrogen-bond acceptors (Lipinski definition) is 4. The molecule has 0 saturated carbocycles. The summed E-state index contributed by atoms with van der Waals surface area (Å²) in [7, 11) is 0. The minimum Gasteiger partial charge on any atom is -0.338 e. The van der Waals surface area contributed by atoms with Gasteiger partial charge in [-0.1, -0.05) is 15.9 Å². The third kappa shape index (κ3) is 3.05. The summed E-state index contributed by atoms with van der Waals surface area (Å²) in [5, 5.41) is 13.7. The Hall–Kier alpha value is -1.96. The molecule has 1 heterocycles. The van der Waals surface area contributed by atoms with E-state index in [-0.39, 0.29) is 23.2 Å². The molecule has 0 aromatic heterocycles. The lowest BCUT2D eigenvalue weighted by atomic mass is 9.96. The van der Waals surface area contributed by atoms with E-state index in [9.17, 15) is 19.7 Å². The quantitative estimate of drug-likeness (QED) is 0.650. The van der Waals surface area contributed by atoms with Gasteiger partial charge < -0.3 is 10.2 Å². The molecule has 0 unspecified atom stereocenters. The van der Waals surface area contributed by atoms with Crippen LogP contribution in [0.2, 0.25) is 0 Å². The summed E-state index contributed by atoms with van der Waals surface area (Å²) in [5.41, 5.74) is 1.59. The minimum atomic E-state index is -0.520. The van der Waals surface area contributed by atoms with Gasteiger partial charge in [-0.25, -0.2) is 0 Å². The number of carbonyl (C=O) groups is 2. The van der Waals surface area contributed by atoms with Gasteiger partial charge in [-0.2, -0.15) is 0 Å². The standard InChI is InChI=1S/C13H14BrN3O4/c1-7(18)15-13-9-3-4-16(8(2)19)6-10(9)11(14)5-12(13)17(20)21/h5H,3-4,6H2,1-2H3,(H,15,18). The number of nitrogens with zero attached hydrogens (tertiary/aromatic N) is 2. The lowest BCUT2D eigenvalue weighted by Gasteiger charge is -2.30. The maximum absolute atomic E-state index is 11.5. The molecule has 0 atom stereocenters. The number of anilines is 1. The van der Waals surface area contributed by atoms with Crippen molar-refractivity contribution >= 4 is 39.1 Å². The zero-order chi connectivity index (χ0) is 15.7. The lowest BCUT2D eigenvalue weighted by molar-refractivity contribution is -0.384. The van der Waals surface area contributed by atoms with Gasteiger partial charge in [-0.05, 0) is 17.5 Å². The molecule has 1 aromatic rings. The van der Waals surface area contributed by atoms with E-state index in [0.717, 1.165) is 5.56 Å². The molecular formula is C13H14BrN3O4. The molecule has 2 rings (SSSR count). The largest absolute Gasteiger partial charge is 0.338 e. The monoisotopic (exact) mass is 355 g/mol. The molecule has 112 valence electrons. The maximum Gasteiger partial charge on any atom is 0.294 e. The number of rotatable bonds is 2. The van der Waals surface area contributed by atoms with E-state index in [4.69, 9.17) is 0 Å². The Morgan fingerprint density at radius 2 is 2.05 bits per heavy atom. The van der Waals surface area contributed by atoms with Gasteiger partial charge in [-0.3, -0.25) is 19.7 Å². The van der Waals surface area contributed by atoms with Crippen molar-refractivity contribution in [2.45, 2.75) is 26.8 Å². The van der Waals surface area contributed by atoms with Crippen LogP contribution in [0.3, 0.4) is 0 Å². The van der Waals surface area contributed by atoms with Crippen molar-refractivity contribution in [3.05, 3.63) is 31.8 Å². The Morgan fingerprint density at radius 3 is 2.57 bits per heavy atom. The number of nitro benzene ring substituents is 1. The van der Waals surface area contributed by atoms with Gasteiger partial charge in [0.2, 0.25) is 11.8 Å². The molecule has 0 saturated heterocycles. The van der Waals surface area contributed by atoms with Crippen LogP contribution in [0.5, 0.6) is 0 Å². The van der Waals surface area contributed by atoms with Gasteiger partial charge in [0.05, 0.1) is 4.92 Å². The van der Waals surface area contributed by atoms with Crippen LogP contribution in [0.4, 0.5) is 11.4 Å². The fourth-order valence-corrected chi connectivity index (χ4v) is 3.00. The van der Waals surface area contributed by atoms with Crippen LogP contribution in [-0.2, 0) is 22.6 Å². The third-order valence-corrected chi connectivity index (χ3v) is 4.11. The average molecular weight is 356 g/mol. The van der Waals surface area contributed by atoms with Crippen molar-refractivity contribution < 1.29 is 14.5 Å². The van der Waals surface area contributed by atoms with Crippen molar-refractivity contribution in [2.24, 2.45) is 0 Å². The van der Waals surface area contributed by atoms with Crippen LogP contribution in [0, 0.1) is 10.1 Å².